The maximum Gasteiger partial charge on any atom is 0.264 e. The van der Waals surface area contributed by atoms with Crippen LogP contribution in [0.1, 0.15) is 32.2 Å². The van der Waals surface area contributed by atoms with Crippen molar-refractivity contribution >= 4 is 38.4 Å². The average molecular weight is 444 g/mol. The second-order valence-electron chi connectivity index (χ2n) is 7.68. The van der Waals surface area contributed by atoms with E-state index in [4.69, 9.17) is 0 Å². The molecule has 0 radical (unpaired) electrons. The highest BCUT2D eigenvalue weighted by molar-refractivity contribution is 7.90. The lowest BCUT2D eigenvalue weighted by Crippen LogP contribution is -2.38. The summed E-state index contributed by atoms with van der Waals surface area (Å²) in [5.41, 5.74) is 1.01. The molecule has 1 fully saturated rings. The largest absolute Gasteiger partial charge is 0.335 e. The van der Waals surface area contributed by atoms with Gasteiger partial charge >= 0.3 is 0 Å². The third kappa shape index (κ3) is 4.18. The van der Waals surface area contributed by atoms with E-state index in [1.807, 2.05) is 0 Å². The van der Waals surface area contributed by atoms with E-state index < -0.39 is 22.0 Å². The maximum absolute atomic E-state index is 13.9. The van der Waals surface area contributed by atoms with Gasteiger partial charge in [-0.2, -0.15) is 0 Å². The summed E-state index contributed by atoms with van der Waals surface area (Å²) < 4.78 is 42.4. The zero-order valence-electron chi connectivity index (χ0n) is 16.8. The first-order valence-corrected chi connectivity index (χ1v) is 11.5. The minimum Gasteiger partial charge on any atom is -0.335 e. The van der Waals surface area contributed by atoms with Crippen LogP contribution in [0.4, 0.5) is 10.1 Å². The topological polar surface area (TPSA) is 97.3 Å². The highest BCUT2D eigenvalue weighted by Crippen LogP contribution is 2.27. The van der Waals surface area contributed by atoms with Crippen LogP contribution in [0.2, 0.25) is 0 Å². The number of benzene rings is 2. The van der Waals surface area contributed by atoms with Crippen molar-refractivity contribution in [3.05, 3.63) is 60.5 Å². The van der Waals surface area contributed by atoms with Crippen molar-refractivity contribution in [3.8, 4) is 0 Å². The van der Waals surface area contributed by atoms with Crippen LogP contribution in [-0.4, -0.2) is 24.8 Å². The fourth-order valence-electron chi connectivity index (χ4n) is 3.52. The van der Waals surface area contributed by atoms with Gasteiger partial charge in [-0.3, -0.25) is 9.59 Å². The quantitative estimate of drug-likeness (QED) is 0.608. The molecule has 0 aliphatic heterocycles. The summed E-state index contributed by atoms with van der Waals surface area (Å²) in [6.45, 7) is 1.69. The molecule has 1 saturated carbocycles. The number of anilines is 1. The minimum absolute atomic E-state index is 0.0573. The summed E-state index contributed by atoms with van der Waals surface area (Å²) in [7, 11) is -3.96. The van der Waals surface area contributed by atoms with Crippen LogP contribution in [0.5, 0.6) is 0 Å². The SMILES string of the molecule is C[C@H](C(=O)Nc1ccc(S(=O)(=O)NC(=O)C2CCC2)cc1)n1ccc2c(F)cccc21. The molecule has 3 aromatic rings. The second-order valence-corrected chi connectivity index (χ2v) is 9.37. The molecular formula is C22H22FN3O4S. The second kappa shape index (κ2) is 8.14. The summed E-state index contributed by atoms with van der Waals surface area (Å²) in [5.74, 6) is -1.42. The van der Waals surface area contributed by atoms with E-state index in [0.29, 0.717) is 29.4 Å². The molecule has 9 heteroatoms. The van der Waals surface area contributed by atoms with E-state index in [1.54, 1.807) is 35.9 Å². The molecule has 2 N–H and O–H groups in total. The molecule has 7 nitrogen and oxygen atoms in total. The Morgan fingerprint density at radius 3 is 2.45 bits per heavy atom. The van der Waals surface area contributed by atoms with Crippen molar-refractivity contribution in [3.63, 3.8) is 0 Å². The third-order valence-corrected chi connectivity index (χ3v) is 7.01. The van der Waals surface area contributed by atoms with Gasteiger partial charge in [-0.15, -0.1) is 0 Å². The number of fused-ring (bicyclic) bond motifs is 1. The molecule has 1 aromatic heterocycles. The standard InChI is InChI=1S/C22H22FN3O4S/c1-14(26-13-12-18-19(23)6-3-7-20(18)26)21(27)24-16-8-10-17(11-9-16)31(29,30)25-22(28)15-4-2-5-15/h3,6-15H,2,4-5H2,1H3,(H,24,27)(H,25,28)/t14-/m1/s1. The lowest BCUT2D eigenvalue weighted by molar-refractivity contribution is -0.125. The molecule has 1 aliphatic rings. The predicted molar refractivity (Wildman–Crippen MR) is 114 cm³/mol. The molecule has 1 aliphatic carbocycles. The number of carbonyl (C=O) groups excluding carboxylic acids is 2. The Morgan fingerprint density at radius 1 is 1.10 bits per heavy atom. The van der Waals surface area contributed by atoms with Gasteiger partial charge in [0.2, 0.25) is 11.8 Å². The fourth-order valence-corrected chi connectivity index (χ4v) is 4.57. The van der Waals surface area contributed by atoms with Crippen molar-refractivity contribution in [2.75, 3.05) is 5.32 Å². The van der Waals surface area contributed by atoms with Crippen molar-refractivity contribution in [2.24, 2.45) is 5.92 Å². The average Bonchev–Trinajstić information content (AvgIpc) is 3.11. The van der Waals surface area contributed by atoms with Gasteiger partial charge in [-0.05, 0) is 62.2 Å². The molecule has 1 heterocycles. The number of carbonyl (C=O) groups is 2. The first-order valence-electron chi connectivity index (χ1n) is 9.99. The summed E-state index contributed by atoms with van der Waals surface area (Å²) in [5, 5.41) is 3.16. The summed E-state index contributed by atoms with van der Waals surface area (Å²) >= 11 is 0. The molecule has 2 amide bonds. The van der Waals surface area contributed by atoms with Crippen molar-refractivity contribution in [1.82, 2.24) is 9.29 Å². The van der Waals surface area contributed by atoms with Crippen LogP contribution in [0.3, 0.4) is 0 Å². The van der Waals surface area contributed by atoms with Crippen molar-refractivity contribution in [2.45, 2.75) is 37.1 Å². The van der Waals surface area contributed by atoms with E-state index in [9.17, 15) is 22.4 Å². The van der Waals surface area contributed by atoms with E-state index in [-0.39, 0.29) is 22.5 Å². The molecule has 162 valence electrons. The number of aromatic nitrogens is 1. The van der Waals surface area contributed by atoms with E-state index in [1.165, 1.54) is 30.3 Å². The first-order chi connectivity index (χ1) is 14.8. The van der Waals surface area contributed by atoms with E-state index in [0.717, 1.165) is 6.42 Å². The van der Waals surface area contributed by atoms with E-state index in [2.05, 4.69) is 10.0 Å². The van der Waals surface area contributed by atoms with Gasteiger partial charge in [-0.1, -0.05) is 12.5 Å². The summed E-state index contributed by atoms with van der Waals surface area (Å²) in [6.07, 6.45) is 3.98. The van der Waals surface area contributed by atoms with Gasteiger partial charge in [0.25, 0.3) is 10.0 Å². The van der Waals surface area contributed by atoms with E-state index >= 15 is 0 Å². The van der Waals surface area contributed by atoms with Gasteiger partial charge in [-0.25, -0.2) is 17.5 Å². The number of hydrogen-bond acceptors (Lipinski definition) is 4. The molecule has 0 spiro atoms. The van der Waals surface area contributed by atoms with Gasteiger partial charge in [0.1, 0.15) is 11.9 Å². The highest BCUT2D eigenvalue weighted by atomic mass is 32.2. The summed E-state index contributed by atoms with van der Waals surface area (Å²) in [4.78, 5) is 24.6. The molecule has 0 saturated heterocycles. The zero-order valence-corrected chi connectivity index (χ0v) is 17.7. The van der Waals surface area contributed by atoms with Crippen LogP contribution in [0, 0.1) is 11.7 Å². The lowest BCUT2D eigenvalue weighted by atomic mass is 9.85. The Kier molecular flexibility index (Phi) is 5.53. The molecule has 0 unspecified atom stereocenters. The number of amides is 2. The summed E-state index contributed by atoms with van der Waals surface area (Å²) in [6, 6.07) is 11.3. The van der Waals surface area contributed by atoms with Crippen molar-refractivity contribution in [1.29, 1.82) is 0 Å². The first kappa shape index (κ1) is 21.0. The van der Waals surface area contributed by atoms with Crippen molar-refractivity contribution < 1.29 is 22.4 Å². The number of nitrogens with one attached hydrogen (secondary N) is 2. The number of hydrogen-bond donors (Lipinski definition) is 2. The fraction of sp³-hybridized carbons (Fsp3) is 0.273. The van der Waals surface area contributed by atoms with Crippen LogP contribution in [0.25, 0.3) is 10.9 Å². The Bertz CT molecular complexity index is 1250. The predicted octanol–water partition coefficient (Wildman–Crippen LogP) is 3.59. The Morgan fingerprint density at radius 2 is 1.81 bits per heavy atom. The van der Waals surface area contributed by atoms with Crippen LogP contribution in [0.15, 0.2) is 59.6 Å². The van der Waals surface area contributed by atoms with Gasteiger partial charge in [0.15, 0.2) is 0 Å². The third-order valence-electron chi connectivity index (χ3n) is 5.65. The van der Waals surface area contributed by atoms with Gasteiger partial charge in [0, 0.05) is 23.2 Å². The lowest BCUT2D eigenvalue weighted by Gasteiger charge is -2.23. The highest BCUT2D eigenvalue weighted by Gasteiger charge is 2.29. The minimum atomic E-state index is -3.96. The Hall–Kier alpha value is -3.20. The molecule has 4 rings (SSSR count). The Balaban J connectivity index is 1.45. The molecule has 1 atom stereocenters. The number of halogens is 1. The molecule has 0 bridgehead atoms. The number of sulfonamides is 1. The van der Waals surface area contributed by atoms with Gasteiger partial charge in [0.05, 0.1) is 10.4 Å². The van der Waals surface area contributed by atoms with Crippen LogP contribution < -0.4 is 10.0 Å². The van der Waals surface area contributed by atoms with Gasteiger partial charge < -0.3 is 9.88 Å². The van der Waals surface area contributed by atoms with Crippen LogP contribution in [-0.2, 0) is 19.6 Å². The normalized spacial score (nSPS) is 15.3. The number of nitrogens with zero attached hydrogens (tertiary/aromatic N) is 1. The Labute approximate surface area is 179 Å². The number of rotatable bonds is 6. The smallest absolute Gasteiger partial charge is 0.264 e. The molecular weight excluding hydrogens is 421 g/mol. The molecule has 2 aromatic carbocycles. The maximum atomic E-state index is 13.9. The van der Waals surface area contributed by atoms with Crippen LogP contribution >= 0.6 is 0 Å². The molecule has 31 heavy (non-hydrogen) atoms. The monoisotopic (exact) mass is 443 g/mol. The zero-order chi connectivity index (χ0) is 22.2.